The molecule has 1 heterocycles. The Bertz CT molecular complexity index is 505. The summed E-state index contributed by atoms with van der Waals surface area (Å²) >= 11 is 0. The average Bonchev–Trinajstić information content (AvgIpc) is 2.54. The van der Waals surface area contributed by atoms with Gasteiger partial charge in [0, 0.05) is 49.0 Å². The summed E-state index contributed by atoms with van der Waals surface area (Å²) in [6, 6.07) is 9.91. The first-order valence-electron chi connectivity index (χ1n) is 7.71. The predicted molar refractivity (Wildman–Crippen MR) is 107 cm³/mol. The Morgan fingerprint density at radius 3 is 2.61 bits per heavy atom. The van der Waals surface area contributed by atoms with E-state index in [1.807, 2.05) is 30.3 Å². The number of aliphatic hydroxyl groups is 1. The molecule has 2 rings (SSSR count). The van der Waals surface area contributed by atoms with Crippen LogP contribution in [0.3, 0.4) is 0 Å². The second-order valence-corrected chi connectivity index (χ2v) is 7.04. The van der Waals surface area contributed by atoms with Gasteiger partial charge in [0.15, 0.2) is 5.96 Å². The second-order valence-electron chi connectivity index (χ2n) is 5.47. The van der Waals surface area contributed by atoms with Crippen molar-refractivity contribution in [2.24, 2.45) is 4.99 Å². The summed E-state index contributed by atoms with van der Waals surface area (Å²) in [5, 5.41) is 12.8. The predicted octanol–water partition coefficient (Wildman–Crippen LogP) is 1.59. The molecule has 1 atom stereocenters. The molecule has 1 fully saturated rings. The molecule has 0 aromatic heterocycles. The third kappa shape index (κ3) is 7.17. The van der Waals surface area contributed by atoms with Crippen LogP contribution in [-0.2, 0) is 16.6 Å². The second kappa shape index (κ2) is 11.0. The van der Waals surface area contributed by atoms with Crippen LogP contribution >= 0.6 is 24.0 Å². The van der Waals surface area contributed by atoms with Gasteiger partial charge in [0.2, 0.25) is 0 Å². The molecule has 2 N–H and O–H groups in total. The highest BCUT2D eigenvalue weighted by Gasteiger charge is 2.19. The van der Waals surface area contributed by atoms with Crippen molar-refractivity contribution in [3.05, 3.63) is 35.9 Å². The van der Waals surface area contributed by atoms with Gasteiger partial charge in [-0.15, -0.1) is 24.0 Å². The van der Waals surface area contributed by atoms with Crippen molar-refractivity contribution in [2.75, 3.05) is 32.4 Å². The zero-order valence-corrected chi connectivity index (χ0v) is 16.6. The molecule has 0 saturated carbocycles. The van der Waals surface area contributed by atoms with E-state index in [9.17, 15) is 9.32 Å². The molecule has 1 aromatic carbocycles. The van der Waals surface area contributed by atoms with Crippen LogP contribution in [-0.4, -0.2) is 58.7 Å². The van der Waals surface area contributed by atoms with Crippen molar-refractivity contribution in [1.82, 2.24) is 10.2 Å². The van der Waals surface area contributed by atoms with E-state index in [2.05, 4.69) is 15.2 Å². The number of nitrogens with one attached hydrogen (secondary N) is 1. The Hall–Kier alpha value is -0.670. The molecular formula is C16H26IN3O2S. The number of halogens is 1. The summed E-state index contributed by atoms with van der Waals surface area (Å²) in [6.45, 7) is 2.27. The lowest BCUT2D eigenvalue weighted by Crippen LogP contribution is -2.47. The molecule has 0 amide bonds. The average molecular weight is 451 g/mol. The molecule has 1 aliphatic rings. The van der Waals surface area contributed by atoms with Crippen LogP contribution in [0.15, 0.2) is 35.3 Å². The molecule has 1 unspecified atom stereocenters. The van der Waals surface area contributed by atoms with Gasteiger partial charge in [-0.3, -0.25) is 9.20 Å². The maximum Gasteiger partial charge on any atom is 0.193 e. The number of likely N-dealkylation sites (tertiary alicyclic amines) is 1. The quantitative estimate of drug-likeness (QED) is 0.406. The van der Waals surface area contributed by atoms with Crippen LogP contribution in [0.5, 0.6) is 0 Å². The van der Waals surface area contributed by atoms with Crippen molar-refractivity contribution in [3.8, 4) is 0 Å². The minimum Gasteiger partial charge on any atom is -0.393 e. The number of guanidine groups is 1. The fraction of sp³-hybridized carbons (Fsp3) is 0.562. The van der Waals surface area contributed by atoms with Crippen LogP contribution in [0.25, 0.3) is 0 Å². The van der Waals surface area contributed by atoms with Crippen molar-refractivity contribution in [1.29, 1.82) is 0 Å². The molecule has 1 saturated heterocycles. The molecule has 23 heavy (non-hydrogen) atoms. The van der Waals surface area contributed by atoms with Crippen LogP contribution in [0.2, 0.25) is 0 Å². The van der Waals surface area contributed by atoms with E-state index >= 15 is 0 Å². The summed E-state index contributed by atoms with van der Waals surface area (Å²) in [4.78, 5) is 6.41. The van der Waals surface area contributed by atoms with Gasteiger partial charge in [-0.05, 0) is 18.4 Å². The Kier molecular flexibility index (Phi) is 9.73. The summed E-state index contributed by atoms with van der Waals surface area (Å²) in [5.74, 6) is 2.03. The van der Waals surface area contributed by atoms with E-state index in [0.717, 1.165) is 37.5 Å². The highest BCUT2D eigenvalue weighted by atomic mass is 127. The number of nitrogens with zero attached hydrogens (tertiary/aromatic N) is 2. The van der Waals surface area contributed by atoms with Crippen LogP contribution < -0.4 is 5.32 Å². The SMILES string of the molecule is CN=C(NCCS(=O)Cc1ccccc1)N1CCC(O)CC1.I. The lowest BCUT2D eigenvalue weighted by atomic mass is 10.1. The third-order valence-electron chi connectivity index (χ3n) is 3.76. The molecule has 0 radical (unpaired) electrons. The minimum absolute atomic E-state index is 0. The zero-order chi connectivity index (χ0) is 15.8. The van der Waals surface area contributed by atoms with E-state index in [0.29, 0.717) is 18.1 Å². The van der Waals surface area contributed by atoms with E-state index in [1.54, 1.807) is 7.05 Å². The summed E-state index contributed by atoms with van der Waals surface area (Å²) in [6.07, 6.45) is 1.37. The molecule has 5 nitrogen and oxygen atoms in total. The fourth-order valence-electron chi connectivity index (χ4n) is 2.52. The number of hydrogen-bond donors (Lipinski definition) is 2. The van der Waals surface area contributed by atoms with Crippen LogP contribution in [0.4, 0.5) is 0 Å². The first kappa shape index (κ1) is 20.4. The van der Waals surface area contributed by atoms with Gasteiger partial charge in [-0.2, -0.15) is 0 Å². The van der Waals surface area contributed by atoms with Gasteiger partial charge in [-0.1, -0.05) is 30.3 Å². The fourth-order valence-corrected chi connectivity index (χ4v) is 3.56. The molecule has 7 heteroatoms. The Morgan fingerprint density at radius 2 is 2.00 bits per heavy atom. The number of rotatable bonds is 5. The maximum atomic E-state index is 12.1. The monoisotopic (exact) mass is 451 g/mol. The molecule has 130 valence electrons. The van der Waals surface area contributed by atoms with Crippen LogP contribution in [0, 0.1) is 0 Å². The van der Waals surface area contributed by atoms with Gasteiger partial charge >= 0.3 is 0 Å². The largest absolute Gasteiger partial charge is 0.393 e. The van der Waals surface area contributed by atoms with Crippen molar-refractivity contribution < 1.29 is 9.32 Å². The zero-order valence-electron chi connectivity index (χ0n) is 13.5. The molecule has 0 aliphatic carbocycles. The van der Waals surface area contributed by atoms with Crippen LogP contribution in [0.1, 0.15) is 18.4 Å². The smallest absolute Gasteiger partial charge is 0.193 e. The number of piperidine rings is 1. The van der Waals surface area contributed by atoms with Gasteiger partial charge in [0.1, 0.15) is 0 Å². The highest BCUT2D eigenvalue weighted by Crippen LogP contribution is 2.09. The molecule has 1 aromatic rings. The van der Waals surface area contributed by atoms with Crippen molar-refractivity contribution in [3.63, 3.8) is 0 Å². The summed E-state index contributed by atoms with van der Waals surface area (Å²) in [5.41, 5.74) is 1.11. The summed E-state index contributed by atoms with van der Waals surface area (Å²) in [7, 11) is 0.882. The Morgan fingerprint density at radius 1 is 1.35 bits per heavy atom. The Balaban J connectivity index is 0.00000264. The van der Waals surface area contributed by atoms with Crippen molar-refractivity contribution >= 4 is 40.7 Å². The lowest BCUT2D eigenvalue weighted by Gasteiger charge is -2.32. The molecule has 1 aliphatic heterocycles. The topological polar surface area (TPSA) is 64.9 Å². The minimum atomic E-state index is -0.876. The molecular weight excluding hydrogens is 425 g/mol. The summed E-state index contributed by atoms with van der Waals surface area (Å²) < 4.78 is 12.1. The van der Waals surface area contributed by atoms with Gasteiger partial charge in [-0.25, -0.2) is 0 Å². The van der Waals surface area contributed by atoms with E-state index in [4.69, 9.17) is 0 Å². The molecule has 0 spiro atoms. The maximum absolute atomic E-state index is 12.1. The van der Waals surface area contributed by atoms with Gasteiger partial charge in [0.05, 0.1) is 6.10 Å². The number of hydrogen-bond acceptors (Lipinski definition) is 3. The number of aliphatic hydroxyl groups excluding tert-OH is 1. The first-order chi connectivity index (χ1) is 10.7. The molecule has 0 bridgehead atoms. The lowest BCUT2D eigenvalue weighted by molar-refractivity contribution is 0.108. The van der Waals surface area contributed by atoms with Gasteiger partial charge in [0.25, 0.3) is 0 Å². The van der Waals surface area contributed by atoms with E-state index in [1.165, 1.54) is 0 Å². The standard InChI is InChI=1S/C16H25N3O2S.HI/c1-17-16(19-10-7-15(20)8-11-19)18-9-12-22(21)13-14-5-3-2-4-6-14;/h2-6,15,20H,7-13H2,1H3,(H,17,18);1H. The Labute approximate surface area is 158 Å². The third-order valence-corrected chi connectivity index (χ3v) is 5.07. The number of benzene rings is 1. The normalized spacial score (nSPS) is 17.5. The van der Waals surface area contributed by atoms with Crippen molar-refractivity contribution in [2.45, 2.75) is 24.7 Å². The van der Waals surface area contributed by atoms with E-state index < -0.39 is 10.8 Å². The number of aliphatic imine (C=N–C) groups is 1. The van der Waals surface area contributed by atoms with Gasteiger partial charge < -0.3 is 15.3 Å². The highest BCUT2D eigenvalue weighted by molar-refractivity contribution is 14.0. The van der Waals surface area contributed by atoms with E-state index in [-0.39, 0.29) is 30.1 Å². The first-order valence-corrected chi connectivity index (χ1v) is 9.20.